The van der Waals surface area contributed by atoms with E-state index in [1.165, 1.54) is 0 Å². The highest BCUT2D eigenvalue weighted by Crippen LogP contribution is 2.38. The summed E-state index contributed by atoms with van der Waals surface area (Å²) in [6.07, 6.45) is 2.19. The van der Waals surface area contributed by atoms with E-state index in [-0.39, 0.29) is 5.91 Å². The smallest absolute Gasteiger partial charge is 0.242 e. The maximum absolute atomic E-state index is 11.9. The summed E-state index contributed by atoms with van der Waals surface area (Å²) in [5.74, 6) is 0.460. The first-order valence-corrected chi connectivity index (χ1v) is 5.19. The number of nitrogens with one attached hydrogen (secondary N) is 1. The van der Waals surface area contributed by atoms with Crippen molar-refractivity contribution in [2.24, 2.45) is 11.7 Å². The van der Waals surface area contributed by atoms with Crippen molar-refractivity contribution in [3.8, 4) is 0 Å². The van der Waals surface area contributed by atoms with Gasteiger partial charge in [0.25, 0.3) is 0 Å². The summed E-state index contributed by atoms with van der Waals surface area (Å²) in [5.41, 5.74) is 5.38. The summed E-state index contributed by atoms with van der Waals surface area (Å²) in [5, 5.41) is 3.02. The van der Waals surface area contributed by atoms with E-state index in [9.17, 15) is 4.79 Å². The molecule has 1 atom stereocenters. The van der Waals surface area contributed by atoms with Gasteiger partial charge in [-0.1, -0.05) is 0 Å². The van der Waals surface area contributed by atoms with Gasteiger partial charge in [-0.25, -0.2) is 0 Å². The number of carbonyl (C=O) groups excluding carboxylic acids is 1. The van der Waals surface area contributed by atoms with Gasteiger partial charge >= 0.3 is 0 Å². The number of amides is 1. The van der Waals surface area contributed by atoms with Crippen LogP contribution in [-0.4, -0.2) is 43.5 Å². The van der Waals surface area contributed by atoms with Crippen LogP contribution in [0.15, 0.2) is 0 Å². The molecule has 1 rings (SSSR count). The Balaban J connectivity index is 2.45. The highest BCUT2D eigenvalue weighted by molar-refractivity contribution is 5.86. The van der Waals surface area contributed by atoms with Gasteiger partial charge in [0, 0.05) is 20.1 Å². The Morgan fingerprint density at radius 3 is 2.64 bits per heavy atom. The quantitative estimate of drug-likeness (QED) is 0.644. The summed E-state index contributed by atoms with van der Waals surface area (Å²) in [6.45, 7) is 3.38. The molecular formula is C10H21N3O. The molecule has 1 unspecified atom stereocenters. The van der Waals surface area contributed by atoms with Gasteiger partial charge in [0.15, 0.2) is 0 Å². The van der Waals surface area contributed by atoms with Gasteiger partial charge in [-0.05, 0) is 32.7 Å². The lowest BCUT2D eigenvalue weighted by molar-refractivity contribution is -0.135. The number of likely N-dealkylation sites (N-methyl/N-ethyl adjacent to an activating group) is 2. The van der Waals surface area contributed by atoms with E-state index in [1.807, 2.05) is 21.0 Å². The van der Waals surface area contributed by atoms with Crippen LogP contribution in [0.25, 0.3) is 0 Å². The number of carbonyl (C=O) groups is 1. The van der Waals surface area contributed by atoms with Crippen molar-refractivity contribution in [1.82, 2.24) is 10.2 Å². The Kier molecular flexibility index (Phi) is 3.50. The molecule has 14 heavy (non-hydrogen) atoms. The number of nitrogens with two attached hydrogens (primary N) is 1. The van der Waals surface area contributed by atoms with Crippen LogP contribution in [0.2, 0.25) is 0 Å². The Labute approximate surface area is 85.8 Å². The predicted octanol–water partition coefficient (Wildman–Crippen LogP) is -0.208. The molecule has 0 heterocycles. The van der Waals surface area contributed by atoms with Crippen LogP contribution in [-0.2, 0) is 4.79 Å². The van der Waals surface area contributed by atoms with Gasteiger partial charge in [-0.3, -0.25) is 4.79 Å². The standard InChI is InChI=1S/C10H21N3O/c1-10(11,8-4-5-8)9(14)13(3)7-6-12-2/h8,12H,4-7,11H2,1-3H3. The van der Waals surface area contributed by atoms with Crippen molar-refractivity contribution in [2.75, 3.05) is 27.2 Å². The van der Waals surface area contributed by atoms with Gasteiger partial charge in [0.05, 0.1) is 5.54 Å². The molecule has 0 aromatic rings. The maximum Gasteiger partial charge on any atom is 0.242 e. The predicted molar refractivity (Wildman–Crippen MR) is 56.9 cm³/mol. The minimum Gasteiger partial charge on any atom is -0.343 e. The maximum atomic E-state index is 11.9. The molecule has 0 bridgehead atoms. The third kappa shape index (κ3) is 2.45. The fourth-order valence-electron chi connectivity index (χ4n) is 1.65. The molecule has 0 spiro atoms. The van der Waals surface area contributed by atoms with Crippen molar-refractivity contribution in [3.63, 3.8) is 0 Å². The fourth-order valence-corrected chi connectivity index (χ4v) is 1.65. The first-order valence-electron chi connectivity index (χ1n) is 5.19. The lowest BCUT2D eigenvalue weighted by Gasteiger charge is -2.29. The number of hydrogen-bond donors (Lipinski definition) is 2. The zero-order valence-electron chi connectivity index (χ0n) is 9.34. The lowest BCUT2D eigenvalue weighted by atomic mass is 9.95. The van der Waals surface area contributed by atoms with E-state index in [0.29, 0.717) is 5.92 Å². The average molecular weight is 199 g/mol. The molecule has 1 aliphatic rings. The van der Waals surface area contributed by atoms with E-state index >= 15 is 0 Å². The Morgan fingerprint density at radius 1 is 1.64 bits per heavy atom. The summed E-state index contributed by atoms with van der Waals surface area (Å²) >= 11 is 0. The SMILES string of the molecule is CNCCN(C)C(=O)C(C)(N)C1CC1. The van der Waals surface area contributed by atoms with E-state index in [2.05, 4.69) is 5.32 Å². The molecule has 4 heteroatoms. The van der Waals surface area contributed by atoms with Crippen LogP contribution < -0.4 is 11.1 Å². The minimum atomic E-state index is -0.650. The second-order valence-corrected chi connectivity index (χ2v) is 4.39. The molecule has 0 aromatic carbocycles. The molecular weight excluding hydrogens is 178 g/mol. The third-order valence-electron chi connectivity index (χ3n) is 2.93. The van der Waals surface area contributed by atoms with Gasteiger partial charge in [-0.2, -0.15) is 0 Å². The second-order valence-electron chi connectivity index (χ2n) is 4.39. The zero-order valence-corrected chi connectivity index (χ0v) is 9.34. The highest BCUT2D eigenvalue weighted by atomic mass is 16.2. The van der Waals surface area contributed by atoms with Crippen molar-refractivity contribution < 1.29 is 4.79 Å². The van der Waals surface area contributed by atoms with Gasteiger partial charge in [0.1, 0.15) is 0 Å². The van der Waals surface area contributed by atoms with Crippen molar-refractivity contribution in [2.45, 2.75) is 25.3 Å². The largest absolute Gasteiger partial charge is 0.343 e. The van der Waals surface area contributed by atoms with Gasteiger partial charge in [-0.15, -0.1) is 0 Å². The third-order valence-corrected chi connectivity index (χ3v) is 2.93. The molecule has 4 nitrogen and oxygen atoms in total. The molecule has 0 aliphatic heterocycles. The first-order chi connectivity index (χ1) is 6.50. The van der Waals surface area contributed by atoms with Crippen LogP contribution in [0.1, 0.15) is 19.8 Å². The second kappa shape index (κ2) is 4.28. The van der Waals surface area contributed by atoms with E-state index in [0.717, 1.165) is 25.9 Å². The van der Waals surface area contributed by atoms with Gasteiger partial charge < -0.3 is 16.0 Å². The van der Waals surface area contributed by atoms with Crippen molar-refractivity contribution >= 4 is 5.91 Å². The van der Waals surface area contributed by atoms with E-state index in [4.69, 9.17) is 5.73 Å². The normalized spacial score (nSPS) is 20.3. The summed E-state index contributed by atoms with van der Waals surface area (Å²) in [7, 11) is 3.69. The first kappa shape index (κ1) is 11.5. The zero-order chi connectivity index (χ0) is 10.8. The molecule has 82 valence electrons. The number of hydrogen-bond acceptors (Lipinski definition) is 3. The molecule has 3 N–H and O–H groups in total. The molecule has 1 aliphatic carbocycles. The van der Waals surface area contributed by atoms with Crippen molar-refractivity contribution in [3.05, 3.63) is 0 Å². The average Bonchev–Trinajstić information content (AvgIpc) is 2.95. The molecule has 0 radical (unpaired) electrons. The fraction of sp³-hybridized carbons (Fsp3) is 0.900. The summed E-state index contributed by atoms with van der Waals surface area (Å²) in [4.78, 5) is 13.6. The molecule has 1 amide bonds. The number of nitrogens with zero attached hydrogens (tertiary/aromatic N) is 1. The lowest BCUT2D eigenvalue weighted by Crippen LogP contribution is -2.54. The Bertz CT molecular complexity index is 211. The van der Waals surface area contributed by atoms with Gasteiger partial charge in [0.2, 0.25) is 5.91 Å². The molecule has 1 fully saturated rings. The topological polar surface area (TPSA) is 58.4 Å². The van der Waals surface area contributed by atoms with Crippen LogP contribution in [0.3, 0.4) is 0 Å². The van der Waals surface area contributed by atoms with Crippen LogP contribution >= 0.6 is 0 Å². The van der Waals surface area contributed by atoms with Crippen molar-refractivity contribution in [1.29, 1.82) is 0 Å². The summed E-state index contributed by atoms with van der Waals surface area (Å²) in [6, 6.07) is 0. The number of rotatable bonds is 5. The van der Waals surface area contributed by atoms with Crippen LogP contribution in [0, 0.1) is 5.92 Å². The molecule has 1 saturated carbocycles. The van der Waals surface area contributed by atoms with Crippen LogP contribution in [0.5, 0.6) is 0 Å². The molecule has 0 aromatic heterocycles. The van der Waals surface area contributed by atoms with Crippen LogP contribution in [0.4, 0.5) is 0 Å². The molecule has 0 saturated heterocycles. The van der Waals surface area contributed by atoms with E-state index in [1.54, 1.807) is 4.90 Å². The summed E-state index contributed by atoms with van der Waals surface area (Å²) < 4.78 is 0. The highest BCUT2D eigenvalue weighted by Gasteiger charge is 2.45. The Hall–Kier alpha value is -0.610. The Morgan fingerprint density at radius 2 is 2.21 bits per heavy atom. The monoisotopic (exact) mass is 199 g/mol. The van der Waals surface area contributed by atoms with E-state index < -0.39 is 5.54 Å². The minimum absolute atomic E-state index is 0.0650.